The second kappa shape index (κ2) is 4.63. The Morgan fingerprint density at radius 3 is 2.85 bits per heavy atom. The lowest BCUT2D eigenvalue weighted by molar-refractivity contribution is 0.0621. The Balaban J connectivity index is 1.57. The lowest BCUT2D eigenvalue weighted by Crippen LogP contribution is -2.57. The molecule has 4 heteroatoms. The predicted molar refractivity (Wildman–Crippen MR) is 78.7 cm³/mol. The second-order valence-electron chi connectivity index (χ2n) is 5.97. The number of H-pyrrole nitrogens is 1. The molecule has 0 spiro atoms. The molecule has 1 unspecified atom stereocenters. The monoisotopic (exact) mass is 269 g/mol. The Kier molecular flexibility index (Phi) is 2.77. The quantitative estimate of drug-likeness (QED) is 0.876. The third-order valence-corrected chi connectivity index (χ3v) is 4.80. The summed E-state index contributed by atoms with van der Waals surface area (Å²) < 4.78 is 0. The number of carbonyl (C=O) groups excluding carboxylic acids is 1. The van der Waals surface area contributed by atoms with Gasteiger partial charge in [0.05, 0.1) is 11.1 Å². The lowest BCUT2D eigenvalue weighted by atomic mass is 9.84. The number of para-hydroxylation sites is 1. The van der Waals surface area contributed by atoms with E-state index in [0.29, 0.717) is 12.0 Å². The van der Waals surface area contributed by atoms with Crippen molar-refractivity contribution in [1.29, 1.82) is 0 Å². The molecule has 1 amide bonds. The van der Waals surface area contributed by atoms with Crippen molar-refractivity contribution < 1.29 is 4.79 Å². The van der Waals surface area contributed by atoms with Gasteiger partial charge in [-0.1, -0.05) is 12.1 Å². The zero-order chi connectivity index (χ0) is 13.5. The van der Waals surface area contributed by atoms with Gasteiger partial charge < -0.3 is 15.2 Å². The minimum Gasteiger partial charge on any atom is -0.361 e. The van der Waals surface area contributed by atoms with Crippen LogP contribution in [0.3, 0.4) is 0 Å². The molecule has 1 aromatic heterocycles. The molecule has 5 rings (SSSR count). The van der Waals surface area contributed by atoms with Crippen molar-refractivity contribution in [2.24, 2.45) is 5.92 Å². The molecular formula is C16H19N3O. The average Bonchev–Trinajstić information content (AvgIpc) is 2.96. The number of benzene rings is 1. The molecule has 4 heterocycles. The summed E-state index contributed by atoms with van der Waals surface area (Å²) in [5, 5.41) is 4.34. The van der Waals surface area contributed by atoms with Crippen molar-refractivity contribution in [3.05, 3.63) is 36.0 Å². The maximum absolute atomic E-state index is 12.6. The van der Waals surface area contributed by atoms with Gasteiger partial charge in [-0.05, 0) is 44.0 Å². The van der Waals surface area contributed by atoms with E-state index in [2.05, 4.69) is 15.2 Å². The standard InChI is InChI=1S/C16H19N3O/c20-16(13-3-1-2-12-4-7-17-15(12)13)18-14-10-19-8-5-11(14)6-9-19/h1-4,7,11,14,17H,5-6,8-10H2,(H,18,20). The molecule has 20 heavy (non-hydrogen) atoms. The van der Waals surface area contributed by atoms with Gasteiger partial charge in [0, 0.05) is 24.2 Å². The average molecular weight is 269 g/mol. The Morgan fingerprint density at radius 2 is 2.10 bits per heavy atom. The molecule has 3 aliphatic rings. The van der Waals surface area contributed by atoms with Crippen LogP contribution in [-0.2, 0) is 0 Å². The van der Waals surface area contributed by atoms with Crippen molar-refractivity contribution in [2.75, 3.05) is 19.6 Å². The zero-order valence-corrected chi connectivity index (χ0v) is 11.4. The van der Waals surface area contributed by atoms with Gasteiger partial charge in [-0.15, -0.1) is 0 Å². The van der Waals surface area contributed by atoms with Gasteiger partial charge in [-0.2, -0.15) is 0 Å². The summed E-state index contributed by atoms with van der Waals surface area (Å²) in [7, 11) is 0. The van der Waals surface area contributed by atoms with Gasteiger partial charge in [-0.25, -0.2) is 0 Å². The highest BCUT2D eigenvalue weighted by Crippen LogP contribution is 2.28. The van der Waals surface area contributed by atoms with E-state index >= 15 is 0 Å². The highest BCUT2D eigenvalue weighted by atomic mass is 16.1. The van der Waals surface area contributed by atoms with E-state index < -0.39 is 0 Å². The van der Waals surface area contributed by atoms with Gasteiger partial charge in [-0.3, -0.25) is 4.79 Å². The van der Waals surface area contributed by atoms with Crippen LogP contribution in [0.5, 0.6) is 0 Å². The summed E-state index contributed by atoms with van der Waals surface area (Å²) >= 11 is 0. The van der Waals surface area contributed by atoms with Crippen LogP contribution in [0.15, 0.2) is 30.5 Å². The SMILES string of the molecule is O=C(NC1CN2CCC1CC2)c1cccc2cc[nH]c12. The van der Waals surface area contributed by atoms with Crippen LogP contribution in [0.2, 0.25) is 0 Å². The number of hydrogen-bond acceptors (Lipinski definition) is 2. The molecule has 2 aromatic rings. The first-order valence-corrected chi connectivity index (χ1v) is 7.40. The van der Waals surface area contributed by atoms with Gasteiger partial charge in [0.1, 0.15) is 0 Å². The van der Waals surface area contributed by atoms with Crippen molar-refractivity contribution in [3.63, 3.8) is 0 Å². The highest BCUT2D eigenvalue weighted by molar-refractivity contribution is 6.05. The molecule has 3 saturated heterocycles. The summed E-state index contributed by atoms with van der Waals surface area (Å²) in [5.74, 6) is 0.712. The number of nitrogens with one attached hydrogen (secondary N) is 2. The maximum atomic E-state index is 12.6. The van der Waals surface area contributed by atoms with Gasteiger partial charge in [0.15, 0.2) is 0 Å². The molecule has 0 aliphatic carbocycles. The predicted octanol–water partition coefficient (Wildman–Crippen LogP) is 1.99. The molecule has 4 nitrogen and oxygen atoms in total. The number of piperidine rings is 3. The summed E-state index contributed by atoms with van der Waals surface area (Å²) in [4.78, 5) is 18.2. The van der Waals surface area contributed by atoms with E-state index in [0.717, 1.165) is 23.0 Å². The molecule has 0 radical (unpaired) electrons. The van der Waals surface area contributed by atoms with Crippen molar-refractivity contribution in [1.82, 2.24) is 15.2 Å². The van der Waals surface area contributed by atoms with Crippen LogP contribution in [0, 0.1) is 5.92 Å². The molecule has 104 valence electrons. The van der Waals surface area contributed by atoms with Crippen LogP contribution in [0.1, 0.15) is 23.2 Å². The van der Waals surface area contributed by atoms with Crippen LogP contribution >= 0.6 is 0 Å². The Bertz CT molecular complexity index is 640. The first-order valence-electron chi connectivity index (χ1n) is 7.40. The van der Waals surface area contributed by atoms with E-state index in [1.807, 2.05) is 30.5 Å². The normalized spacial score (nSPS) is 28.7. The smallest absolute Gasteiger partial charge is 0.253 e. The summed E-state index contributed by atoms with van der Waals surface area (Å²) in [6.45, 7) is 3.41. The van der Waals surface area contributed by atoms with E-state index in [4.69, 9.17) is 0 Å². The molecule has 0 saturated carbocycles. The minimum atomic E-state index is 0.0526. The number of aromatic amines is 1. The van der Waals surface area contributed by atoms with E-state index in [-0.39, 0.29) is 5.91 Å². The Labute approximate surface area is 118 Å². The lowest BCUT2D eigenvalue weighted by Gasteiger charge is -2.44. The van der Waals surface area contributed by atoms with Gasteiger partial charge in [0.25, 0.3) is 5.91 Å². The van der Waals surface area contributed by atoms with Crippen molar-refractivity contribution in [2.45, 2.75) is 18.9 Å². The van der Waals surface area contributed by atoms with Crippen molar-refractivity contribution >= 4 is 16.8 Å². The first kappa shape index (κ1) is 12.0. The van der Waals surface area contributed by atoms with Crippen molar-refractivity contribution in [3.8, 4) is 0 Å². The van der Waals surface area contributed by atoms with Crippen LogP contribution < -0.4 is 5.32 Å². The van der Waals surface area contributed by atoms with E-state index in [9.17, 15) is 4.79 Å². The largest absolute Gasteiger partial charge is 0.361 e. The topological polar surface area (TPSA) is 48.1 Å². The van der Waals surface area contributed by atoms with Gasteiger partial charge >= 0.3 is 0 Å². The number of nitrogens with zero attached hydrogens (tertiary/aromatic N) is 1. The first-order chi connectivity index (χ1) is 9.81. The molecule has 2 bridgehead atoms. The number of carbonyl (C=O) groups is 1. The molecule has 3 aliphatic heterocycles. The molecule has 1 atom stereocenters. The molecule has 2 N–H and O–H groups in total. The molecule has 3 fully saturated rings. The van der Waals surface area contributed by atoms with Gasteiger partial charge in [0.2, 0.25) is 0 Å². The fourth-order valence-electron chi connectivity index (χ4n) is 3.65. The second-order valence-corrected chi connectivity index (χ2v) is 5.97. The number of fused-ring (bicyclic) bond motifs is 4. The summed E-state index contributed by atoms with van der Waals surface area (Å²) in [5.41, 5.74) is 1.69. The van der Waals surface area contributed by atoms with Crippen LogP contribution in [0.25, 0.3) is 10.9 Å². The van der Waals surface area contributed by atoms with E-state index in [1.165, 1.54) is 25.9 Å². The van der Waals surface area contributed by atoms with Crippen LogP contribution in [0.4, 0.5) is 0 Å². The number of aromatic nitrogens is 1. The zero-order valence-electron chi connectivity index (χ0n) is 11.4. The fourth-order valence-corrected chi connectivity index (χ4v) is 3.65. The van der Waals surface area contributed by atoms with E-state index in [1.54, 1.807) is 0 Å². The minimum absolute atomic E-state index is 0.0526. The fraction of sp³-hybridized carbons (Fsp3) is 0.438. The summed E-state index contributed by atoms with van der Waals surface area (Å²) in [6.07, 6.45) is 4.32. The summed E-state index contributed by atoms with van der Waals surface area (Å²) in [6, 6.07) is 8.18. The number of hydrogen-bond donors (Lipinski definition) is 2. The highest BCUT2D eigenvalue weighted by Gasteiger charge is 2.35. The third-order valence-electron chi connectivity index (χ3n) is 4.80. The van der Waals surface area contributed by atoms with Crippen LogP contribution in [-0.4, -0.2) is 41.5 Å². The molecular weight excluding hydrogens is 250 g/mol. The maximum Gasteiger partial charge on any atom is 0.253 e. The Hall–Kier alpha value is -1.81. The third kappa shape index (κ3) is 1.91. The number of rotatable bonds is 2. The number of amides is 1. The molecule has 1 aromatic carbocycles. The Morgan fingerprint density at radius 1 is 1.25 bits per heavy atom.